The topological polar surface area (TPSA) is 9.23 Å². The molecular formula is C5H9BO. The summed E-state index contributed by atoms with van der Waals surface area (Å²) in [6, 6.07) is 0. The van der Waals surface area contributed by atoms with Crippen LogP contribution in [0.5, 0.6) is 0 Å². The van der Waals surface area contributed by atoms with Crippen molar-refractivity contribution in [3.05, 3.63) is 12.1 Å². The van der Waals surface area contributed by atoms with Crippen LogP contribution >= 0.6 is 0 Å². The molecule has 1 rings (SSSR count). The third-order valence-electron chi connectivity index (χ3n) is 1.27. The lowest BCUT2D eigenvalue weighted by molar-refractivity contribution is 0.430. The molecular weight excluding hydrogens is 86.9 g/mol. The van der Waals surface area contributed by atoms with E-state index >= 15 is 0 Å². The van der Waals surface area contributed by atoms with Gasteiger partial charge in [0.2, 0.25) is 0 Å². The lowest BCUT2D eigenvalue weighted by Crippen LogP contribution is -2.07. The molecule has 0 unspecified atom stereocenters. The van der Waals surface area contributed by atoms with Gasteiger partial charge in [-0.05, 0) is 12.7 Å². The van der Waals surface area contributed by atoms with Gasteiger partial charge in [-0.15, -0.1) is 0 Å². The molecule has 38 valence electrons. The van der Waals surface area contributed by atoms with Gasteiger partial charge < -0.3 is 4.65 Å². The standard InChI is InChI=1S/C5H9BO/c1-7-6-4-2-3-5-6/h2,4H,3,5H2,1H3. The Morgan fingerprint density at radius 1 is 1.71 bits per heavy atom. The number of hydrogen-bond acceptors (Lipinski definition) is 1. The fourth-order valence-electron chi connectivity index (χ4n) is 0.801. The maximum absolute atomic E-state index is 5.02. The molecule has 0 aliphatic carbocycles. The van der Waals surface area contributed by atoms with E-state index in [2.05, 4.69) is 12.1 Å². The van der Waals surface area contributed by atoms with E-state index in [1.165, 1.54) is 12.7 Å². The van der Waals surface area contributed by atoms with Crippen molar-refractivity contribution in [2.24, 2.45) is 0 Å². The molecule has 1 aliphatic heterocycles. The zero-order valence-corrected chi connectivity index (χ0v) is 4.55. The van der Waals surface area contributed by atoms with Gasteiger partial charge in [0.1, 0.15) is 0 Å². The van der Waals surface area contributed by atoms with Crippen molar-refractivity contribution >= 4 is 6.92 Å². The van der Waals surface area contributed by atoms with Gasteiger partial charge in [-0.25, -0.2) is 0 Å². The summed E-state index contributed by atoms with van der Waals surface area (Å²) in [6.45, 7) is 0.417. The molecule has 0 saturated carbocycles. The third-order valence-corrected chi connectivity index (χ3v) is 1.27. The Morgan fingerprint density at radius 3 is 2.86 bits per heavy atom. The maximum Gasteiger partial charge on any atom is 0.318 e. The van der Waals surface area contributed by atoms with Crippen molar-refractivity contribution in [3.8, 4) is 0 Å². The Hall–Kier alpha value is -0.235. The SMILES string of the molecule is COB1C=CCC1. The smallest absolute Gasteiger partial charge is 0.318 e. The van der Waals surface area contributed by atoms with Crippen molar-refractivity contribution in [3.63, 3.8) is 0 Å². The van der Waals surface area contributed by atoms with Gasteiger partial charge in [0, 0.05) is 7.11 Å². The van der Waals surface area contributed by atoms with Crippen LogP contribution in [-0.2, 0) is 4.65 Å². The minimum atomic E-state index is 0.417. The summed E-state index contributed by atoms with van der Waals surface area (Å²) in [4.78, 5) is 0. The highest BCUT2D eigenvalue weighted by atomic mass is 16.4. The van der Waals surface area contributed by atoms with Crippen LogP contribution in [-0.4, -0.2) is 14.0 Å². The van der Waals surface area contributed by atoms with Gasteiger partial charge >= 0.3 is 6.92 Å². The van der Waals surface area contributed by atoms with Crippen molar-refractivity contribution < 1.29 is 4.65 Å². The molecule has 1 nitrogen and oxygen atoms in total. The summed E-state index contributed by atoms with van der Waals surface area (Å²) in [6.07, 6.45) is 4.53. The average molecular weight is 95.9 g/mol. The first-order valence-electron chi connectivity index (χ1n) is 2.63. The summed E-state index contributed by atoms with van der Waals surface area (Å²) < 4.78 is 5.02. The average Bonchev–Trinajstić information content (AvgIpc) is 2.14. The first-order chi connectivity index (χ1) is 3.43. The molecule has 7 heavy (non-hydrogen) atoms. The van der Waals surface area contributed by atoms with E-state index in [4.69, 9.17) is 4.65 Å². The van der Waals surface area contributed by atoms with Crippen LogP contribution in [0.4, 0.5) is 0 Å². The Bertz CT molecular complexity index is 80.1. The predicted octanol–water partition coefficient (Wildman–Crippen LogP) is 1.12. The van der Waals surface area contributed by atoms with Crippen LogP contribution in [0.3, 0.4) is 0 Å². The quantitative estimate of drug-likeness (QED) is 0.444. The molecule has 0 N–H and O–H groups in total. The van der Waals surface area contributed by atoms with Crippen LogP contribution in [0.1, 0.15) is 6.42 Å². The normalized spacial score (nSPS) is 18.7. The van der Waals surface area contributed by atoms with Crippen molar-refractivity contribution in [2.75, 3.05) is 7.11 Å². The van der Waals surface area contributed by atoms with E-state index in [0.29, 0.717) is 6.92 Å². The van der Waals surface area contributed by atoms with E-state index in [0.717, 1.165) is 0 Å². The summed E-state index contributed by atoms with van der Waals surface area (Å²) in [5.74, 6) is 2.11. The Labute approximate surface area is 44.5 Å². The third kappa shape index (κ3) is 1.06. The minimum Gasteiger partial charge on any atom is -0.434 e. The molecule has 0 bridgehead atoms. The number of rotatable bonds is 1. The fourth-order valence-corrected chi connectivity index (χ4v) is 0.801. The van der Waals surface area contributed by atoms with Gasteiger partial charge in [-0.2, -0.15) is 0 Å². The lowest BCUT2D eigenvalue weighted by atomic mass is 9.68. The zero-order chi connectivity index (χ0) is 5.11. The first-order valence-corrected chi connectivity index (χ1v) is 2.63. The van der Waals surface area contributed by atoms with Crippen LogP contribution < -0.4 is 0 Å². The van der Waals surface area contributed by atoms with Gasteiger partial charge in [-0.1, -0.05) is 12.1 Å². The van der Waals surface area contributed by atoms with Gasteiger partial charge in [-0.3, -0.25) is 0 Å². The first kappa shape index (κ1) is 4.91. The molecule has 0 radical (unpaired) electrons. The Kier molecular flexibility index (Phi) is 1.52. The largest absolute Gasteiger partial charge is 0.434 e. The highest BCUT2D eigenvalue weighted by molar-refractivity contribution is 6.58. The van der Waals surface area contributed by atoms with Gasteiger partial charge in [0.25, 0.3) is 0 Å². The second-order valence-electron chi connectivity index (χ2n) is 1.78. The van der Waals surface area contributed by atoms with Crippen molar-refractivity contribution in [2.45, 2.75) is 12.7 Å². The molecule has 0 amide bonds. The van der Waals surface area contributed by atoms with E-state index in [1.807, 2.05) is 0 Å². The monoisotopic (exact) mass is 96.1 g/mol. The lowest BCUT2D eigenvalue weighted by Gasteiger charge is -1.94. The van der Waals surface area contributed by atoms with Gasteiger partial charge in [0.15, 0.2) is 0 Å². The van der Waals surface area contributed by atoms with E-state index in [9.17, 15) is 0 Å². The molecule has 0 atom stereocenters. The maximum atomic E-state index is 5.02. The van der Waals surface area contributed by atoms with E-state index in [-0.39, 0.29) is 0 Å². The van der Waals surface area contributed by atoms with Crippen LogP contribution in [0.15, 0.2) is 12.1 Å². The highest BCUT2D eigenvalue weighted by Crippen LogP contribution is 2.08. The molecule has 0 fully saturated rings. The molecule has 2 heteroatoms. The number of allylic oxidation sites excluding steroid dienone is 1. The van der Waals surface area contributed by atoms with Crippen LogP contribution in [0.25, 0.3) is 0 Å². The molecule has 0 saturated heterocycles. The summed E-state index contributed by atoms with van der Waals surface area (Å²) in [7, 11) is 1.75. The highest BCUT2D eigenvalue weighted by Gasteiger charge is 2.11. The summed E-state index contributed by atoms with van der Waals surface area (Å²) in [5.41, 5.74) is 0. The van der Waals surface area contributed by atoms with Crippen molar-refractivity contribution in [1.82, 2.24) is 0 Å². The minimum absolute atomic E-state index is 0.417. The molecule has 1 heterocycles. The fraction of sp³-hybridized carbons (Fsp3) is 0.600. The van der Waals surface area contributed by atoms with Crippen molar-refractivity contribution in [1.29, 1.82) is 0 Å². The molecule has 0 aromatic carbocycles. The summed E-state index contributed by atoms with van der Waals surface area (Å²) >= 11 is 0. The summed E-state index contributed by atoms with van der Waals surface area (Å²) in [5, 5.41) is 0. The predicted molar refractivity (Wildman–Crippen MR) is 31.3 cm³/mol. The van der Waals surface area contributed by atoms with Gasteiger partial charge in [0.05, 0.1) is 0 Å². The van der Waals surface area contributed by atoms with Crippen LogP contribution in [0, 0.1) is 0 Å². The Morgan fingerprint density at radius 2 is 2.57 bits per heavy atom. The second kappa shape index (κ2) is 2.17. The molecule has 0 aromatic rings. The molecule has 1 aliphatic rings. The second-order valence-corrected chi connectivity index (χ2v) is 1.78. The molecule has 0 aromatic heterocycles. The van der Waals surface area contributed by atoms with E-state index in [1.54, 1.807) is 7.11 Å². The number of hydrogen-bond donors (Lipinski definition) is 0. The van der Waals surface area contributed by atoms with E-state index < -0.39 is 0 Å². The zero-order valence-electron chi connectivity index (χ0n) is 4.55. The Balaban J connectivity index is 2.28. The molecule has 0 spiro atoms. The van der Waals surface area contributed by atoms with Crippen LogP contribution in [0.2, 0.25) is 6.32 Å².